The molecule has 10 heteroatoms. The second kappa shape index (κ2) is 12.5. The van der Waals surface area contributed by atoms with Crippen LogP contribution in [-0.4, -0.2) is 54.2 Å². The first-order valence-electron chi connectivity index (χ1n) is 12.4. The largest absolute Gasteiger partial charge is 0.493 e. The Balaban J connectivity index is 1.44. The van der Waals surface area contributed by atoms with Crippen LogP contribution in [0.1, 0.15) is 16.7 Å². The normalized spacial score (nSPS) is 12.7. The van der Waals surface area contributed by atoms with E-state index in [1.807, 2.05) is 42.5 Å². The maximum atomic E-state index is 13.7. The molecule has 9 nitrogen and oxygen atoms in total. The average molecular weight is 551 g/mol. The number of hydrogen-bond acceptors (Lipinski definition) is 7. The first-order valence-corrected chi connectivity index (χ1v) is 13.8. The minimum Gasteiger partial charge on any atom is -0.493 e. The van der Waals surface area contributed by atoms with Crippen LogP contribution in [0, 0.1) is 0 Å². The summed E-state index contributed by atoms with van der Waals surface area (Å²) in [5.74, 6) is -0.912. The zero-order valence-electron chi connectivity index (χ0n) is 21.8. The van der Waals surface area contributed by atoms with E-state index in [9.17, 15) is 18.0 Å². The van der Waals surface area contributed by atoms with E-state index in [0.717, 1.165) is 17.2 Å². The second-order valence-electron chi connectivity index (χ2n) is 8.74. The lowest BCUT2D eigenvalue weighted by Gasteiger charge is -2.22. The van der Waals surface area contributed by atoms with Crippen LogP contribution in [0.25, 0.3) is 6.08 Å². The fraction of sp³-hybridized carbons (Fsp3) is 0.241. The number of ether oxygens (including phenoxy) is 3. The Bertz CT molecular complexity index is 1470. The third-order valence-corrected chi connectivity index (χ3v) is 8.03. The minimum absolute atomic E-state index is 0.0637. The molecule has 1 amide bonds. The molecule has 1 aliphatic rings. The zero-order chi connectivity index (χ0) is 27.8. The molecule has 0 aromatic heterocycles. The van der Waals surface area contributed by atoms with Crippen LogP contribution in [0.3, 0.4) is 0 Å². The van der Waals surface area contributed by atoms with E-state index < -0.39 is 28.5 Å². The van der Waals surface area contributed by atoms with Gasteiger partial charge in [0.05, 0.1) is 19.9 Å². The molecular formula is C29H30N2O7S. The van der Waals surface area contributed by atoms with E-state index in [2.05, 4.69) is 5.32 Å². The van der Waals surface area contributed by atoms with Gasteiger partial charge in [-0.25, -0.2) is 13.2 Å². The fourth-order valence-electron chi connectivity index (χ4n) is 4.30. The molecule has 0 fully saturated rings. The number of amides is 1. The Morgan fingerprint density at radius 1 is 1.00 bits per heavy atom. The number of esters is 1. The number of nitrogens with zero attached hydrogens (tertiary/aromatic N) is 1. The Kier molecular flexibility index (Phi) is 8.88. The number of benzene rings is 3. The molecule has 204 valence electrons. The third-order valence-electron chi connectivity index (χ3n) is 6.22. The number of carbonyl (C=O) groups is 2. The van der Waals surface area contributed by atoms with E-state index >= 15 is 0 Å². The van der Waals surface area contributed by atoms with Crippen molar-refractivity contribution in [1.82, 2.24) is 5.32 Å². The van der Waals surface area contributed by atoms with Crippen molar-refractivity contribution in [1.29, 1.82) is 0 Å². The smallest absolute Gasteiger partial charge is 0.331 e. The monoisotopic (exact) mass is 550 g/mol. The van der Waals surface area contributed by atoms with Crippen molar-refractivity contribution in [3.63, 3.8) is 0 Å². The summed E-state index contributed by atoms with van der Waals surface area (Å²) in [7, 11) is -1.25. The highest BCUT2D eigenvalue weighted by Gasteiger charge is 2.34. The van der Waals surface area contributed by atoms with E-state index in [4.69, 9.17) is 14.2 Å². The highest BCUT2D eigenvalue weighted by Crippen LogP contribution is 2.40. The minimum atomic E-state index is -4.01. The van der Waals surface area contributed by atoms with Crippen molar-refractivity contribution in [3.05, 3.63) is 89.5 Å². The number of nitrogens with one attached hydrogen (secondary N) is 1. The SMILES string of the molecule is COc1cc(C=CC(=O)OCC(=O)NCCc2ccccc2)cc(S(=O)(=O)N2CCc3ccccc32)c1OC. The van der Waals surface area contributed by atoms with Gasteiger partial charge in [0.2, 0.25) is 0 Å². The lowest BCUT2D eigenvalue weighted by molar-refractivity contribution is -0.143. The Hall–Kier alpha value is -4.31. The maximum Gasteiger partial charge on any atom is 0.331 e. The summed E-state index contributed by atoms with van der Waals surface area (Å²) in [4.78, 5) is 24.2. The number of hydrogen-bond donors (Lipinski definition) is 1. The van der Waals surface area contributed by atoms with Crippen LogP contribution >= 0.6 is 0 Å². The Morgan fingerprint density at radius 3 is 2.49 bits per heavy atom. The molecule has 1 heterocycles. The van der Waals surface area contributed by atoms with Crippen LogP contribution in [0.4, 0.5) is 5.69 Å². The van der Waals surface area contributed by atoms with Gasteiger partial charge in [0.15, 0.2) is 18.1 Å². The average Bonchev–Trinajstić information content (AvgIpc) is 3.40. The summed E-state index contributed by atoms with van der Waals surface area (Å²) in [6.45, 7) is 0.283. The molecule has 0 atom stereocenters. The first-order chi connectivity index (χ1) is 18.8. The van der Waals surface area contributed by atoms with Crippen molar-refractivity contribution in [2.45, 2.75) is 17.7 Å². The molecule has 0 bridgehead atoms. The predicted octanol–water partition coefficient (Wildman–Crippen LogP) is 3.37. The molecule has 39 heavy (non-hydrogen) atoms. The van der Waals surface area contributed by atoms with E-state index in [1.54, 1.807) is 18.2 Å². The molecule has 4 rings (SSSR count). The summed E-state index contributed by atoms with van der Waals surface area (Å²) < 4.78 is 44.6. The molecule has 0 radical (unpaired) electrons. The highest BCUT2D eigenvalue weighted by molar-refractivity contribution is 7.93. The molecule has 1 N–H and O–H groups in total. The standard InChI is InChI=1S/C29H30N2O7S/c1-36-25-18-22(12-13-28(33)38-20-27(32)30-16-14-21-8-4-3-5-9-21)19-26(29(25)37-2)39(34,35)31-17-15-23-10-6-7-11-24(23)31/h3-13,18-19H,14-17,20H2,1-2H3,(H,30,32). The van der Waals surface area contributed by atoms with Gasteiger partial charge in [-0.1, -0.05) is 48.5 Å². The number of fused-ring (bicyclic) bond motifs is 1. The lowest BCUT2D eigenvalue weighted by atomic mass is 10.1. The highest BCUT2D eigenvalue weighted by atomic mass is 32.2. The van der Waals surface area contributed by atoms with Crippen molar-refractivity contribution in [2.75, 3.05) is 38.2 Å². The third kappa shape index (κ3) is 6.58. The van der Waals surface area contributed by atoms with Gasteiger partial charge in [0, 0.05) is 19.2 Å². The van der Waals surface area contributed by atoms with Gasteiger partial charge in [-0.05, 0) is 53.8 Å². The number of carbonyl (C=O) groups excluding carboxylic acids is 2. The van der Waals surface area contributed by atoms with Gasteiger partial charge >= 0.3 is 5.97 Å². The second-order valence-corrected chi connectivity index (χ2v) is 10.6. The summed E-state index contributed by atoms with van der Waals surface area (Å²) in [5.41, 5.74) is 3.02. The molecule has 0 aliphatic carbocycles. The molecule has 3 aromatic carbocycles. The van der Waals surface area contributed by atoms with Crippen molar-refractivity contribution in [3.8, 4) is 11.5 Å². The quantitative estimate of drug-likeness (QED) is 0.288. The van der Waals surface area contributed by atoms with Crippen LogP contribution in [0.15, 0.2) is 77.7 Å². The van der Waals surface area contributed by atoms with Gasteiger partial charge in [-0.15, -0.1) is 0 Å². The predicted molar refractivity (Wildman–Crippen MR) is 147 cm³/mol. The molecule has 0 saturated heterocycles. The molecule has 1 aliphatic heterocycles. The number of sulfonamides is 1. The van der Waals surface area contributed by atoms with Crippen molar-refractivity contribution in [2.24, 2.45) is 0 Å². The number of rotatable bonds is 11. The molecule has 0 saturated carbocycles. The maximum absolute atomic E-state index is 13.7. The lowest BCUT2D eigenvalue weighted by Crippen LogP contribution is -2.30. The molecule has 0 unspecified atom stereocenters. The van der Waals surface area contributed by atoms with Crippen LogP contribution in [0.5, 0.6) is 11.5 Å². The molecule has 0 spiro atoms. The van der Waals surface area contributed by atoms with Gasteiger partial charge in [0.1, 0.15) is 4.90 Å². The van der Waals surface area contributed by atoms with Gasteiger partial charge in [0.25, 0.3) is 15.9 Å². The van der Waals surface area contributed by atoms with Crippen LogP contribution in [0.2, 0.25) is 0 Å². The van der Waals surface area contributed by atoms with Crippen LogP contribution in [-0.2, 0) is 37.2 Å². The first kappa shape index (κ1) is 27.7. The Labute approximate surface area is 228 Å². The Morgan fingerprint density at radius 2 is 1.74 bits per heavy atom. The van der Waals surface area contributed by atoms with Gasteiger partial charge in [-0.2, -0.15) is 0 Å². The topological polar surface area (TPSA) is 111 Å². The number of methoxy groups -OCH3 is 2. The van der Waals surface area contributed by atoms with Crippen molar-refractivity contribution >= 4 is 33.7 Å². The van der Waals surface area contributed by atoms with Gasteiger partial charge < -0.3 is 19.5 Å². The van der Waals surface area contributed by atoms with Crippen LogP contribution < -0.4 is 19.1 Å². The fourth-order valence-corrected chi connectivity index (χ4v) is 6.01. The number of anilines is 1. The summed E-state index contributed by atoms with van der Waals surface area (Å²) >= 11 is 0. The molecule has 3 aromatic rings. The van der Waals surface area contributed by atoms with E-state index in [1.165, 1.54) is 30.7 Å². The summed E-state index contributed by atoms with van der Waals surface area (Å²) in [6.07, 6.45) is 3.78. The number of para-hydroxylation sites is 1. The van der Waals surface area contributed by atoms with E-state index in [0.29, 0.717) is 37.2 Å². The zero-order valence-corrected chi connectivity index (χ0v) is 22.6. The summed E-state index contributed by atoms with van der Waals surface area (Å²) in [6, 6.07) is 20.0. The van der Waals surface area contributed by atoms with E-state index in [-0.39, 0.29) is 16.4 Å². The van der Waals surface area contributed by atoms with Crippen molar-refractivity contribution < 1.29 is 32.2 Å². The summed E-state index contributed by atoms with van der Waals surface area (Å²) in [5, 5.41) is 2.70. The molecular weight excluding hydrogens is 520 g/mol. The van der Waals surface area contributed by atoms with Gasteiger partial charge in [-0.3, -0.25) is 9.10 Å².